The first-order valence-electron chi connectivity index (χ1n) is 9.96. The molecule has 4 rings (SSSR count). The van der Waals surface area contributed by atoms with Crippen LogP contribution in [-0.4, -0.2) is 23.7 Å². The third-order valence-corrected chi connectivity index (χ3v) is 6.34. The van der Waals surface area contributed by atoms with E-state index in [-0.39, 0.29) is 11.9 Å². The van der Waals surface area contributed by atoms with Gasteiger partial charge in [-0.2, -0.15) is 0 Å². The van der Waals surface area contributed by atoms with Crippen molar-refractivity contribution in [1.29, 1.82) is 0 Å². The van der Waals surface area contributed by atoms with Gasteiger partial charge in [-0.3, -0.25) is 9.69 Å². The molecule has 1 atom stereocenters. The number of nitrogens with zero attached hydrogens (tertiary/aromatic N) is 1. The Hall–Kier alpha value is -2.96. The van der Waals surface area contributed by atoms with E-state index in [0.29, 0.717) is 34.6 Å². The molecule has 0 unspecified atom stereocenters. The van der Waals surface area contributed by atoms with Gasteiger partial charge in [-0.05, 0) is 54.1 Å². The maximum Gasteiger partial charge on any atom is 0.326 e. The Labute approximate surface area is 190 Å². The number of halogens is 1. The minimum Gasteiger partial charge on any atom is -0.348 e. The Morgan fingerprint density at radius 2 is 1.74 bits per heavy atom. The summed E-state index contributed by atoms with van der Waals surface area (Å²) in [6.45, 7) is 3.16. The lowest BCUT2D eigenvalue weighted by molar-refractivity contribution is 0.0951. The van der Waals surface area contributed by atoms with Gasteiger partial charge in [0.25, 0.3) is 5.91 Å². The molecule has 0 saturated carbocycles. The van der Waals surface area contributed by atoms with E-state index in [4.69, 9.17) is 11.6 Å². The molecule has 0 aliphatic carbocycles. The summed E-state index contributed by atoms with van der Waals surface area (Å²) in [4.78, 5) is 28.2. The summed E-state index contributed by atoms with van der Waals surface area (Å²) < 4.78 is 0. The number of anilines is 2. The number of carbonyl (C=O) groups excluding carboxylic acids is 2. The van der Waals surface area contributed by atoms with Crippen LogP contribution in [0.15, 0.2) is 77.7 Å². The first-order chi connectivity index (χ1) is 15.0. The number of hydrogen-bond acceptors (Lipinski definition) is 3. The number of para-hydroxylation sites is 1. The zero-order chi connectivity index (χ0) is 21.8. The van der Waals surface area contributed by atoms with Gasteiger partial charge in [-0.25, -0.2) is 4.79 Å². The SMILES string of the molecule is C[C@@H]1CN(C(=O)Nc2ccc(C(=O)NCc3ccc(Cl)cc3)cc2)c2ccccc2S1. The fourth-order valence-corrected chi connectivity index (χ4v) is 4.60. The summed E-state index contributed by atoms with van der Waals surface area (Å²) in [6.07, 6.45) is 0. The topological polar surface area (TPSA) is 61.4 Å². The van der Waals surface area contributed by atoms with Crippen LogP contribution in [0.25, 0.3) is 0 Å². The maximum atomic E-state index is 12.9. The van der Waals surface area contributed by atoms with Gasteiger partial charge in [0.05, 0.1) is 5.69 Å². The number of fused-ring (bicyclic) bond motifs is 1. The van der Waals surface area contributed by atoms with Crippen LogP contribution < -0.4 is 15.5 Å². The number of hydrogen-bond donors (Lipinski definition) is 2. The lowest BCUT2D eigenvalue weighted by Crippen LogP contribution is -2.41. The van der Waals surface area contributed by atoms with Crippen molar-refractivity contribution >= 4 is 46.7 Å². The van der Waals surface area contributed by atoms with E-state index in [1.54, 1.807) is 53.1 Å². The molecule has 5 nitrogen and oxygen atoms in total. The highest BCUT2D eigenvalue weighted by Crippen LogP contribution is 2.38. The highest BCUT2D eigenvalue weighted by Gasteiger charge is 2.26. The van der Waals surface area contributed by atoms with Crippen LogP contribution in [0.3, 0.4) is 0 Å². The number of carbonyl (C=O) groups is 2. The van der Waals surface area contributed by atoms with E-state index in [2.05, 4.69) is 17.6 Å². The first-order valence-corrected chi connectivity index (χ1v) is 11.2. The molecule has 7 heteroatoms. The third-order valence-electron chi connectivity index (χ3n) is 4.93. The van der Waals surface area contributed by atoms with Gasteiger partial charge in [0.2, 0.25) is 0 Å². The van der Waals surface area contributed by atoms with Gasteiger partial charge >= 0.3 is 6.03 Å². The van der Waals surface area contributed by atoms with Gasteiger partial charge in [-0.15, -0.1) is 11.8 Å². The molecule has 1 heterocycles. The van der Waals surface area contributed by atoms with Crippen molar-refractivity contribution in [2.24, 2.45) is 0 Å². The van der Waals surface area contributed by atoms with E-state index < -0.39 is 0 Å². The quantitative estimate of drug-likeness (QED) is 0.526. The first kappa shape index (κ1) is 21.3. The van der Waals surface area contributed by atoms with Crippen LogP contribution in [-0.2, 0) is 6.54 Å². The molecule has 31 heavy (non-hydrogen) atoms. The molecule has 0 saturated heterocycles. The van der Waals surface area contributed by atoms with E-state index in [1.165, 1.54) is 0 Å². The Morgan fingerprint density at radius 3 is 2.48 bits per heavy atom. The lowest BCUT2D eigenvalue weighted by Gasteiger charge is -2.32. The van der Waals surface area contributed by atoms with Gasteiger partial charge in [0.15, 0.2) is 0 Å². The average molecular weight is 452 g/mol. The zero-order valence-corrected chi connectivity index (χ0v) is 18.5. The van der Waals surface area contributed by atoms with Crippen molar-refractivity contribution in [2.45, 2.75) is 23.6 Å². The molecule has 2 N–H and O–H groups in total. The van der Waals surface area contributed by atoms with Crippen LogP contribution in [0.2, 0.25) is 5.02 Å². The monoisotopic (exact) mass is 451 g/mol. The fourth-order valence-electron chi connectivity index (χ4n) is 3.36. The van der Waals surface area contributed by atoms with Crippen LogP contribution >= 0.6 is 23.4 Å². The van der Waals surface area contributed by atoms with Crippen LogP contribution in [0.4, 0.5) is 16.2 Å². The van der Waals surface area contributed by atoms with Gasteiger partial charge in [0, 0.05) is 39.5 Å². The molecule has 0 radical (unpaired) electrons. The second-order valence-corrected chi connectivity index (χ2v) is 9.24. The normalized spacial score (nSPS) is 15.2. The number of rotatable bonds is 4. The molecular formula is C24H22ClN3O2S. The molecular weight excluding hydrogens is 430 g/mol. The van der Waals surface area contributed by atoms with Crippen molar-refractivity contribution in [3.63, 3.8) is 0 Å². The molecule has 1 aliphatic rings. The predicted molar refractivity (Wildman–Crippen MR) is 127 cm³/mol. The fraction of sp³-hybridized carbons (Fsp3) is 0.167. The Kier molecular flexibility index (Phi) is 6.49. The smallest absolute Gasteiger partial charge is 0.326 e. The predicted octanol–water partition coefficient (Wildman–Crippen LogP) is 5.80. The molecule has 0 aromatic heterocycles. The van der Waals surface area contributed by atoms with E-state index in [1.807, 2.05) is 36.4 Å². The van der Waals surface area contributed by atoms with Crippen LogP contribution in [0.1, 0.15) is 22.8 Å². The van der Waals surface area contributed by atoms with Crippen LogP contribution in [0, 0.1) is 0 Å². The number of nitrogens with one attached hydrogen (secondary N) is 2. The highest BCUT2D eigenvalue weighted by molar-refractivity contribution is 8.00. The van der Waals surface area contributed by atoms with E-state index in [0.717, 1.165) is 16.1 Å². The molecule has 0 spiro atoms. The minimum absolute atomic E-state index is 0.177. The van der Waals surface area contributed by atoms with Gasteiger partial charge in [0.1, 0.15) is 0 Å². The Morgan fingerprint density at radius 1 is 1.03 bits per heavy atom. The Bertz CT molecular complexity index is 1090. The van der Waals surface area contributed by atoms with Gasteiger partial charge in [-0.1, -0.05) is 42.8 Å². The van der Waals surface area contributed by atoms with E-state index >= 15 is 0 Å². The summed E-state index contributed by atoms with van der Waals surface area (Å²) in [5, 5.41) is 6.79. The number of thioether (sulfide) groups is 1. The lowest BCUT2D eigenvalue weighted by atomic mass is 10.1. The van der Waals surface area contributed by atoms with E-state index in [9.17, 15) is 9.59 Å². The third kappa shape index (κ3) is 5.21. The molecule has 3 aromatic carbocycles. The summed E-state index contributed by atoms with van der Waals surface area (Å²) in [6, 6.07) is 22.0. The zero-order valence-electron chi connectivity index (χ0n) is 17.0. The number of benzene rings is 3. The molecule has 3 amide bonds. The number of amides is 3. The van der Waals surface area contributed by atoms with Crippen LogP contribution in [0.5, 0.6) is 0 Å². The molecule has 1 aliphatic heterocycles. The molecule has 0 fully saturated rings. The van der Waals surface area contributed by atoms with Crippen molar-refractivity contribution in [3.05, 3.63) is 88.9 Å². The minimum atomic E-state index is -0.181. The highest BCUT2D eigenvalue weighted by atomic mass is 35.5. The van der Waals surface area contributed by atoms with Crippen molar-refractivity contribution < 1.29 is 9.59 Å². The maximum absolute atomic E-state index is 12.9. The second-order valence-electron chi connectivity index (χ2n) is 7.32. The van der Waals surface area contributed by atoms with Crippen molar-refractivity contribution in [3.8, 4) is 0 Å². The molecule has 0 bridgehead atoms. The molecule has 3 aromatic rings. The largest absolute Gasteiger partial charge is 0.348 e. The van der Waals surface area contributed by atoms with Gasteiger partial charge < -0.3 is 10.6 Å². The summed E-state index contributed by atoms with van der Waals surface area (Å²) >= 11 is 7.66. The molecule has 158 valence electrons. The van der Waals surface area contributed by atoms with Crippen molar-refractivity contribution in [2.75, 3.05) is 16.8 Å². The summed E-state index contributed by atoms with van der Waals surface area (Å²) in [7, 11) is 0. The summed E-state index contributed by atoms with van der Waals surface area (Å²) in [5.41, 5.74) is 3.06. The standard InChI is InChI=1S/C24H22ClN3O2S/c1-16-15-28(21-4-2-3-5-22(21)31-16)24(30)27-20-12-8-18(9-13-20)23(29)26-14-17-6-10-19(25)11-7-17/h2-13,16H,14-15H2,1H3,(H,26,29)(H,27,30)/t16-/m1/s1. The summed E-state index contributed by atoms with van der Waals surface area (Å²) in [5.74, 6) is -0.177. The Balaban J connectivity index is 1.38. The van der Waals surface area contributed by atoms with Crippen molar-refractivity contribution in [1.82, 2.24) is 5.32 Å². The number of urea groups is 1. The second kappa shape index (κ2) is 9.45. The average Bonchev–Trinajstić information content (AvgIpc) is 2.78.